The molecule has 0 bridgehead atoms. The van der Waals surface area contributed by atoms with Gasteiger partial charge in [0.25, 0.3) is 5.91 Å². The largest absolute Gasteiger partial charge is 0.447 e. The van der Waals surface area contributed by atoms with Gasteiger partial charge in [-0.3, -0.25) is 4.79 Å². The average Bonchev–Trinajstić information content (AvgIpc) is 3.36. The Balaban J connectivity index is 1.37. The lowest BCUT2D eigenvalue weighted by Gasteiger charge is -2.30. The number of carbonyl (C=O) groups is 2. The molecule has 1 aromatic heterocycles. The van der Waals surface area contributed by atoms with Gasteiger partial charge in [-0.05, 0) is 36.6 Å². The number of hydrogen-bond donors (Lipinski definition) is 1. The topological polar surface area (TPSA) is 80.8 Å². The number of para-hydroxylation sites is 1. The molecule has 1 fully saturated rings. The lowest BCUT2D eigenvalue weighted by atomic mass is 9.98. The Bertz CT molecular complexity index is 1130. The molecule has 7 nitrogen and oxygen atoms in total. The molecule has 0 atom stereocenters. The summed E-state index contributed by atoms with van der Waals surface area (Å²) in [6.07, 6.45) is 1.21. The molecule has 1 aliphatic heterocycles. The van der Waals surface area contributed by atoms with Gasteiger partial charge in [0.05, 0.1) is 11.6 Å². The Morgan fingerprint density at radius 2 is 1.85 bits per heavy atom. The van der Waals surface area contributed by atoms with Crippen LogP contribution in [0.3, 0.4) is 0 Å². The minimum absolute atomic E-state index is 0.195. The van der Waals surface area contributed by atoms with Gasteiger partial charge in [0.15, 0.2) is 0 Å². The van der Waals surface area contributed by atoms with E-state index in [1.54, 1.807) is 29.5 Å². The fraction of sp³-hybridized carbons (Fsp3) is 0.320. The number of likely N-dealkylation sites (tertiary alicyclic amines) is 1. The number of ether oxygens (including phenoxy) is 2. The molecule has 4 rings (SSSR count). The first-order chi connectivity index (χ1) is 16.5. The van der Waals surface area contributed by atoms with Crippen LogP contribution in [0.5, 0.6) is 0 Å². The summed E-state index contributed by atoms with van der Waals surface area (Å²) in [6, 6.07) is 13.5. The number of anilines is 1. The second kappa shape index (κ2) is 11.2. The molecule has 1 N–H and O–H groups in total. The number of rotatable bonds is 7. The van der Waals surface area contributed by atoms with Gasteiger partial charge in [-0.15, -0.1) is 11.3 Å². The number of nitrogens with one attached hydrogen (secondary N) is 1. The van der Waals surface area contributed by atoms with E-state index in [2.05, 4.69) is 10.3 Å². The van der Waals surface area contributed by atoms with Gasteiger partial charge in [0.1, 0.15) is 18.1 Å². The minimum atomic E-state index is -0.325. The highest BCUT2D eigenvalue weighted by Crippen LogP contribution is 2.32. The number of halogens is 1. The molecule has 1 aliphatic rings. The zero-order chi connectivity index (χ0) is 23.9. The van der Waals surface area contributed by atoms with Crippen molar-refractivity contribution < 1.29 is 23.5 Å². The lowest BCUT2D eigenvalue weighted by molar-refractivity contribution is 0.0659. The molecular weight excluding hydrogens is 457 g/mol. The van der Waals surface area contributed by atoms with E-state index in [9.17, 15) is 14.0 Å². The quantitative estimate of drug-likeness (QED) is 0.469. The Morgan fingerprint density at radius 3 is 2.59 bits per heavy atom. The van der Waals surface area contributed by atoms with Gasteiger partial charge >= 0.3 is 6.09 Å². The zero-order valence-electron chi connectivity index (χ0n) is 18.8. The van der Waals surface area contributed by atoms with Crippen molar-refractivity contribution in [3.05, 3.63) is 70.4 Å². The summed E-state index contributed by atoms with van der Waals surface area (Å²) in [7, 11) is 1.56. The van der Waals surface area contributed by atoms with Crippen molar-refractivity contribution in [2.75, 3.05) is 38.7 Å². The second-order valence-electron chi connectivity index (χ2n) is 7.95. The summed E-state index contributed by atoms with van der Waals surface area (Å²) in [5.41, 5.74) is 2.60. The average molecular weight is 484 g/mol. The van der Waals surface area contributed by atoms with Gasteiger partial charge in [-0.25, -0.2) is 14.2 Å². The predicted molar refractivity (Wildman–Crippen MR) is 129 cm³/mol. The smallest absolute Gasteiger partial charge is 0.409 e. The Labute approximate surface area is 201 Å². The molecule has 0 radical (unpaired) electrons. The molecule has 0 spiro atoms. The molecule has 0 unspecified atom stereocenters. The highest BCUT2D eigenvalue weighted by molar-refractivity contribution is 7.10. The summed E-state index contributed by atoms with van der Waals surface area (Å²) < 4.78 is 23.4. The van der Waals surface area contributed by atoms with Crippen LogP contribution in [-0.4, -0.2) is 55.3 Å². The van der Waals surface area contributed by atoms with Gasteiger partial charge < -0.3 is 19.7 Å². The van der Waals surface area contributed by atoms with E-state index < -0.39 is 0 Å². The predicted octanol–water partition coefficient (Wildman–Crippen LogP) is 5.16. The molecule has 9 heteroatoms. The number of nitrogens with zero attached hydrogens (tertiary/aromatic N) is 2. The molecule has 3 aromatic rings. The first-order valence-electron chi connectivity index (χ1n) is 11.1. The molecule has 2 aromatic carbocycles. The van der Waals surface area contributed by atoms with E-state index in [0.717, 1.165) is 29.0 Å². The third-order valence-corrected chi connectivity index (χ3v) is 6.71. The highest BCUT2D eigenvalue weighted by atomic mass is 32.1. The number of carbonyl (C=O) groups excluding carboxylic acids is 2. The number of amides is 2. The van der Waals surface area contributed by atoms with Crippen molar-refractivity contribution in [2.45, 2.75) is 18.8 Å². The van der Waals surface area contributed by atoms with E-state index in [0.29, 0.717) is 31.1 Å². The maximum absolute atomic E-state index is 13.3. The van der Waals surface area contributed by atoms with Crippen LogP contribution in [0.4, 0.5) is 14.9 Å². The van der Waals surface area contributed by atoms with Crippen LogP contribution in [0.25, 0.3) is 11.1 Å². The lowest BCUT2D eigenvalue weighted by Crippen LogP contribution is -2.38. The minimum Gasteiger partial charge on any atom is -0.447 e. The molecule has 1 saturated heterocycles. The number of hydrogen-bond acceptors (Lipinski definition) is 6. The third-order valence-electron chi connectivity index (χ3n) is 5.70. The summed E-state index contributed by atoms with van der Waals surface area (Å²) in [6.45, 7) is 1.79. The van der Waals surface area contributed by atoms with Crippen LogP contribution >= 0.6 is 11.3 Å². The molecule has 2 amide bonds. The maximum Gasteiger partial charge on any atom is 0.409 e. The standard InChI is InChI=1S/C25H26FN3O4S/c1-32-14-15-33-25(31)29-12-10-18(11-13-29)24-28-22(16-34-24)23(30)27-21-5-3-2-4-20(21)17-6-8-19(26)9-7-17/h2-9,16,18H,10-15H2,1H3,(H,27,30). The fourth-order valence-electron chi connectivity index (χ4n) is 3.85. The van der Waals surface area contributed by atoms with Gasteiger partial charge in [0, 0.05) is 42.7 Å². The monoisotopic (exact) mass is 483 g/mol. The van der Waals surface area contributed by atoms with Crippen LogP contribution in [0.2, 0.25) is 0 Å². The van der Waals surface area contributed by atoms with Crippen LogP contribution in [0, 0.1) is 5.82 Å². The normalized spacial score (nSPS) is 14.1. The van der Waals surface area contributed by atoms with E-state index >= 15 is 0 Å². The third kappa shape index (κ3) is 5.78. The van der Waals surface area contributed by atoms with Gasteiger partial charge in [-0.1, -0.05) is 30.3 Å². The molecule has 0 saturated carbocycles. The van der Waals surface area contributed by atoms with E-state index in [-0.39, 0.29) is 30.3 Å². The Morgan fingerprint density at radius 1 is 1.12 bits per heavy atom. The summed E-state index contributed by atoms with van der Waals surface area (Å²) in [5.74, 6) is -0.411. The summed E-state index contributed by atoms with van der Waals surface area (Å²) in [4.78, 5) is 31.3. The van der Waals surface area contributed by atoms with E-state index in [4.69, 9.17) is 9.47 Å². The van der Waals surface area contributed by atoms with Crippen LogP contribution in [0.15, 0.2) is 53.9 Å². The SMILES string of the molecule is COCCOC(=O)N1CCC(c2nc(C(=O)Nc3ccccc3-c3ccc(F)cc3)cs2)CC1. The van der Waals surface area contributed by atoms with Crippen LogP contribution in [0.1, 0.15) is 34.3 Å². The van der Waals surface area contributed by atoms with Crippen LogP contribution < -0.4 is 5.32 Å². The number of piperidine rings is 1. The van der Waals surface area contributed by atoms with Crippen molar-refractivity contribution in [3.63, 3.8) is 0 Å². The van der Waals surface area contributed by atoms with Crippen LogP contribution in [-0.2, 0) is 9.47 Å². The maximum atomic E-state index is 13.3. The molecular formula is C25H26FN3O4S. The first kappa shape index (κ1) is 23.8. The van der Waals surface area contributed by atoms with Crippen molar-refractivity contribution in [1.82, 2.24) is 9.88 Å². The zero-order valence-corrected chi connectivity index (χ0v) is 19.6. The van der Waals surface area contributed by atoms with Crippen molar-refractivity contribution in [1.29, 1.82) is 0 Å². The Kier molecular flexibility index (Phi) is 7.87. The Hall–Kier alpha value is -3.30. The fourth-order valence-corrected chi connectivity index (χ4v) is 4.82. The molecule has 2 heterocycles. The van der Waals surface area contributed by atoms with E-state index in [1.807, 2.05) is 24.3 Å². The van der Waals surface area contributed by atoms with Gasteiger partial charge in [0.2, 0.25) is 0 Å². The van der Waals surface area contributed by atoms with Crippen molar-refractivity contribution in [2.24, 2.45) is 0 Å². The number of thiazole rings is 1. The molecule has 0 aliphatic carbocycles. The van der Waals surface area contributed by atoms with Crippen molar-refractivity contribution >= 4 is 29.0 Å². The second-order valence-corrected chi connectivity index (χ2v) is 8.84. The first-order valence-corrected chi connectivity index (χ1v) is 12.0. The number of methoxy groups -OCH3 is 1. The van der Waals surface area contributed by atoms with E-state index in [1.165, 1.54) is 23.5 Å². The number of benzene rings is 2. The number of aromatic nitrogens is 1. The highest BCUT2D eigenvalue weighted by Gasteiger charge is 2.27. The summed E-state index contributed by atoms with van der Waals surface area (Å²) in [5, 5.41) is 5.59. The molecule has 34 heavy (non-hydrogen) atoms. The van der Waals surface area contributed by atoms with Gasteiger partial charge in [-0.2, -0.15) is 0 Å². The summed E-state index contributed by atoms with van der Waals surface area (Å²) >= 11 is 1.46. The molecule has 178 valence electrons. The van der Waals surface area contributed by atoms with Crippen molar-refractivity contribution in [3.8, 4) is 11.1 Å².